The highest BCUT2D eigenvalue weighted by Crippen LogP contribution is 2.38. The molecule has 15 heavy (non-hydrogen) atoms. The van der Waals surface area contributed by atoms with E-state index < -0.39 is 23.1 Å². The lowest BCUT2D eigenvalue weighted by Gasteiger charge is -2.09. The number of fused-ring (bicyclic) bond motifs is 1. The molecule has 0 aliphatic heterocycles. The second kappa shape index (κ2) is 3.19. The summed E-state index contributed by atoms with van der Waals surface area (Å²) in [6.45, 7) is 0. The Morgan fingerprint density at radius 3 is 2.60 bits per heavy atom. The molecule has 1 N–H and O–H groups in total. The van der Waals surface area contributed by atoms with Gasteiger partial charge in [0.05, 0.1) is 16.3 Å². The number of aromatic amines is 1. The Hall–Kier alpha value is -1.11. The number of alkyl halides is 3. The first-order valence-corrected chi connectivity index (χ1v) is 4.59. The van der Waals surface area contributed by atoms with Crippen molar-refractivity contribution >= 4 is 27.0 Å². The quantitative estimate of drug-likeness (QED) is 0.737. The van der Waals surface area contributed by atoms with Gasteiger partial charge in [0.2, 0.25) is 0 Å². The van der Waals surface area contributed by atoms with E-state index in [-0.39, 0.29) is 9.99 Å². The molecule has 0 radical (unpaired) electrons. The lowest BCUT2D eigenvalue weighted by Crippen LogP contribution is -2.09. The van der Waals surface area contributed by atoms with Crippen LogP contribution in [0.3, 0.4) is 0 Å². The summed E-state index contributed by atoms with van der Waals surface area (Å²) in [6.07, 6.45) is -3.67. The van der Waals surface area contributed by atoms with Gasteiger partial charge in [-0.15, -0.1) is 0 Å². The Morgan fingerprint density at radius 2 is 2.00 bits per heavy atom. The van der Waals surface area contributed by atoms with Gasteiger partial charge in [-0.1, -0.05) is 0 Å². The number of rotatable bonds is 0. The Kier molecular flexibility index (Phi) is 2.22. The number of halogens is 5. The molecular formula is C8H3BrF4N2. The van der Waals surface area contributed by atoms with Crippen molar-refractivity contribution in [3.05, 3.63) is 28.2 Å². The van der Waals surface area contributed by atoms with Gasteiger partial charge in [-0.2, -0.15) is 13.2 Å². The number of hydrogen-bond donors (Lipinski definition) is 1. The SMILES string of the molecule is Fc1c(Br)cc2[nH]cnc2c1C(F)(F)F. The van der Waals surface area contributed by atoms with Crippen molar-refractivity contribution in [3.8, 4) is 0 Å². The number of benzene rings is 1. The topological polar surface area (TPSA) is 28.7 Å². The van der Waals surface area contributed by atoms with E-state index in [1.165, 1.54) is 6.07 Å². The van der Waals surface area contributed by atoms with E-state index >= 15 is 0 Å². The largest absolute Gasteiger partial charge is 0.421 e. The van der Waals surface area contributed by atoms with Crippen LogP contribution in [0.1, 0.15) is 5.56 Å². The van der Waals surface area contributed by atoms with Crippen LogP contribution < -0.4 is 0 Å². The van der Waals surface area contributed by atoms with E-state index in [2.05, 4.69) is 25.9 Å². The molecule has 2 rings (SSSR count). The summed E-state index contributed by atoms with van der Waals surface area (Å²) in [4.78, 5) is 5.94. The van der Waals surface area contributed by atoms with Gasteiger partial charge >= 0.3 is 6.18 Å². The average Bonchev–Trinajstić information content (AvgIpc) is 2.50. The first kappa shape index (κ1) is 10.4. The van der Waals surface area contributed by atoms with Gasteiger partial charge in [0.1, 0.15) is 11.1 Å². The van der Waals surface area contributed by atoms with Crippen LogP contribution in [-0.2, 0) is 6.18 Å². The standard InChI is InChI=1S/C8H3BrF4N2/c9-3-1-4-7(15-2-14-4)5(6(3)10)8(11,12)13/h1-2H,(H,14,15). The third kappa shape index (κ3) is 1.60. The molecule has 80 valence electrons. The Bertz CT molecular complexity index is 517. The highest BCUT2D eigenvalue weighted by molar-refractivity contribution is 9.10. The zero-order valence-corrected chi connectivity index (χ0v) is 8.58. The van der Waals surface area contributed by atoms with Crippen LogP contribution in [0.15, 0.2) is 16.9 Å². The molecule has 1 heterocycles. The van der Waals surface area contributed by atoms with Gasteiger partial charge in [0.15, 0.2) is 5.82 Å². The van der Waals surface area contributed by atoms with Crippen LogP contribution >= 0.6 is 15.9 Å². The Morgan fingerprint density at radius 1 is 1.33 bits per heavy atom. The molecule has 0 spiro atoms. The van der Waals surface area contributed by atoms with Crippen LogP contribution in [0.2, 0.25) is 0 Å². The van der Waals surface area contributed by atoms with Crippen LogP contribution in [0, 0.1) is 5.82 Å². The normalized spacial score (nSPS) is 12.3. The zero-order valence-electron chi connectivity index (χ0n) is 6.99. The molecule has 0 amide bonds. The van der Waals surface area contributed by atoms with Crippen LogP contribution in [-0.4, -0.2) is 9.97 Å². The molecule has 0 saturated carbocycles. The van der Waals surface area contributed by atoms with Crippen LogP contribution in [0.5, 0.6) is 0 Å². The van der Waals surface area contributed by atoms with Crippen molar-refractivity contribution < 1.29 is 17.6 Å². The van der Waals surface area contributed by atoms with E-state index in [0.29, 0.717) is 0 Å². The summed E-state index contributed by atoms with van der Waals surface area (Å²) >= 11 is 2.72. The maximum absolute atomic E-state index is 13.3. The fourth-order valence-electron chi connectivity index (χ4n) is 1.29. The molecule has 1 aromatic heterocycles. The number of hydrogen-bond acceptors (Lipinski definition) is 1. The molecule has 2 aromatic rings. The van der Waals surface area contributed by atoms with Gasteiger partial charge in [0, 0.05) is 0 Å². The number of H-pyrrole nitrogens is 1. The molecule has 0 saturated heterocycles. The van der Waals surface area contributed by atoms with E-state index in [0.717, 1.165) is 6.33 Å². The number of nitrogens with zero attached hydrogens (tertiary/aromatic N) is 1. The summed E-state index contributed by atoms with van der Waals surface area (Å²) in [7, 11) is 0. The van der Waals surface area contributed by atoms with Crippen molar-refractivity contribution in [2.75, 3.05) is 0 Å². The highest BCUT2D eigenvalue weighted by atomic mass is 79.9. The smallest absolute Gasteiger partial charge is 0.345 e. The van der Waals surface area contributed by atoms with E-state index in [4.69, 9.17) is 0 Å². The van der Waals surface area contributed by atoms with Crippen LogP contribution in [0.25, 0.3) is 11.0 Å². The zero-order chi connectivity index (χ0) is 11.2. The second-order valence-corrected chi connectivity index (χ2v) is 3.70. The van der Waals surface area contributed by atoms with Gasteiger partial charge in [-0.05, 0) is 22.0 Å². The maximum atomic E-state index is 13.3. The number of imidazole rings is 1. The van der Waals surface area contributed by atoms with Crippen LogP contribution in [0.4, 0.5) is 17.6 Å². The van der Waals surface area contributed by atoms with Gasteiger partial charge in [-0.25, -0.2) is 9.37 Å². The van der Waals surface area contributed by atoms with E-state index in [1.807, 2.05) is 0 Å². The number of aromatic nitrogens is 2. The monoisotopic (exact) mass is 282 g/mol. The highest BCUT2D eigenvalue weighted by Gasteiger charge is 2.38. The second-order valence-electron chi connectivity index (χ2n) is 2.84. The third-order valence-corrected chi connectivity index (χ3v) is 2.47. The fourth-order valence-corrected chi connectivity index (χ4v) is 1.71. The number of nitrogens with one attached hydrogen (secondary N) is 1. The summed E-state index contributed by atoms with van der Waals surface area (Å²) in [5.74, 6) is -1.35. The summed E-state index contributed by atoms with van der Waals surface area (Å²) < 4.78 is 50.6. The van der Waals surface area contributed by atoms with Gasteiger partial charge in [0.25, 0.3) is 0 Å². The molecule has 7 heteroatoms. The molecular weight excluding hydrogens is 280 g/mol. The molecule has 1 aromatic carbocycles. The lowest BCUT2D eigenvalue weighted by molar-refractivity contribution is -0.138. The maximum Gasteiger partial charge on any atom is 0.421 e. The van der Waals surface area contributed by atoms with Crippen molar-refractivity contribution in [1.29, 1.82) is 0 Å². The minimum absolute atomic E-state index is 0.135. The van der Waals surface area contributed by atoms with Gasteiger partial charge < -0.3 is 4.98 Å². The Balaban J connectivity index is 2.90. The van der Waals surface area contributed by atoms with Crippen molar-refractivity contribution in [2.45, 2.75) is 6.18 Å². The molecule has 0 aliphatic carbocycles. The minimum atomic E-state index is -4.76. The van der Waals surface area contributed by atoms with Gasteiger partial charge in [-0.3, -0.25) is 0 Å². The van der Waals surface area contributed by atoms with E-state index in [9.17, 15) is 17.6 Å². The van der Waals surface area contributed by atoms with Crippen molar-refractivity contribution in [3.63, 3.8) is 0 Å². The van der Waals surface area contributed by atoms with E-state index in [1.54, 1.807) is 0 Å². The summed E-state index contributed by atoms with van der Waals surface area (Å²) in [5, 5.41) is 0. The summed E-state index contributed by atoms with van der Waals surface area (Å²) in [6, 6.07) is 1.22. The molecule has 0 bridgehead atoms. The predicted molar refractivity (Wildman–Crippen MR) is 48.8 cm³/mol. The lowest BCUT2D eigenvalue weighted by atomic mass is 10.1. The molecule has 0 atom stereocenters. The van der Waals surface area contributed by atoms with Crippen molar-refractivity contribution in [2.24, 2.45) is 0 Å². The molecule has 0 fully saturated rings. The first-order valence-electron chi connectivity index (χ1n) is 3.79. The molecule has 0 aliphatic rings. The predicted octanol–water partition coefficient (Wildman–Crippen LogP) is 3.48. The minimum Gasteiger partial charge on any atom is -0.345 e. The third-order valence-electron chi connectivity index (χ3n) is 1.89. The Labute approximate surface area is 89.4 Å². The first-order chi connectivity index (χ1) is 6.91. The molecule has 2 nitrogen and oxygen atoms in total. The summed E-state index contributed by atoms with van der Waals surface area (Å²) in [5.41, 5.74) is -1.63. The molecule has 0 unspecified atom stereocenters. The van der Waals surface area contributed by atoms with Crippen molar-refractivity contribution in [1.82, 2.24) is 9.97 Å². The fraction of sp³-hybridized carbons (Fsp3) is 0.125. The average molecular weight is 283 g/mol.